The number of esters is 1. The number of methoxy groups -OCH3 is 1. The van der Waals surface area contributed by atoms with Gasteiger partial charge in [-0.25, -0.2) is 4.79 Å². The van der Waals surface area contributed by atoms with E-state index in [1.54, 1.807) is 11.8 Å². The number of carbonyl (C=O) groups excluding carboxylic acids is 1. The molecule has 4 heteroatoms. The first-order valence-corrected chi connectivity index (χ1v) is 7.88. The molecule has 0 radical (unpaired) electrons. The van der Waals surface area contributed by atoms with E-state index < -0.39 is 5.54 Å². The Hall–Kier alpha value is -1.00. The molecular weight excluding hydrogens is 258 g/mol. The van der Waals surface area contributed by atoms with Gasteiger partial charge in [0.2, 0.25) is 0 Å². The molecule has 1 fully saturated rings. The molecule has 2 rings (SSSR count). The molecule has 1 aliphatic carbocycles. The highest BCUT2D eigenvalue weighted by Crippen LogP contribution is 2.32. The van der Waals surface area contributed by atoms with Gasteiger partial charge in [-0.1, -0.05) is 37.3 Å². The predicted octanol–water partition coefficient (Wildman–Crippen LogP) is 2.56. The minimum absolute atomic E-state index is 0.188. The van der Waals surface area contributed by atoms with E-state index in [0.29, 0.717) is 11.8 Å². The quantitative estimate of drug-likeness (QED) is 0.779. The lowest BCUT2D eigenvalue weighted by Crippen LogP contribution is -2.53. The summed E-state index contributed by atoms with van der Waals surface area (Å²) in [5.41, 5.74) is 0.285. The number of ether oxygens (including phenoxy) is 1. The second kappa shape index (κ2) is 6.44. The number of rotatable bonds is 7. The van der Waals surface area contributed by atoms with Crippen LogP contribution in [0, 0.1) is 0 Å². The van der Waals surface area contributed by atoms with E-state index in [1.807, 2.05) is 30.3 Å². The second-order valence-electron chi connectivity index (χ2n) is 4.82. The van der Waals surface area contributed by atoms with E-state index in [4.69, 9.17) is 4.74 Å². The average molecular weight is 279 g/mol. The Balaban J connectivity index is 2.34. The number of carbonyl (C=O) groups is 1. The summed E-state index contributed by atoms with van der Waals surface area (Å²) in [6.45, 7) is 2.11. The topological polar surface area (TPSA) is 38.3 Å². The van der Waals surface area contributed by atoms with Gasteiger partial charge in [-0.2, -0.15) is 11.8 Å². The summed E-state index contributed by atoms with van der Waals surface area (Å²) in [4.78, 5) is 12.4. The van der Waals surface area contributed by atoms with E-state index in [9.17, 15) is 4.79 Å². The summed E-state index contributed by atoms with van der Waals surface area (Å²) in [5.74, 6) is 1.50. The molecule has 0 bridgehead atoms. The normalized spacial score (nSPS) is 17.8. The summed E-state index contributed by atoms with van der Waals surface area (Å²) < 4.78 is 5.08. The first-order valence-electron chi connectivity index (χ1n) is 6.72. The summed E-state index contributed by atoms with van der Waals surface area (Å²) in [6.07, 6.45) is 2.28. The molecule has 0 aromatic heterocycles. The van der Waals surface area contributed by atoms with Gasteiger partial charge < -0.3 is 4.74 Å². The van der Waals surface area contributed by atoms with Crippen LogP contribution in [-0.4, -0.2) is 30.6 Å². The van der Waals surface area contributed by atoms with Crippen molar-refractivity contribution in [1.29, 1.82) is 0 Å². The fourth-order valence-electron chi connectivity index (χ4n) is 2.17. The van der Waals surface area contributed by atoms with E-state index in [0.717, 1.165) is 24.2 Å². The predicted molar refractivity (Wildman–Crippen MR) is 79.3 cm³/mol. The van der Waals surface area contributed by atoms with Gasteiger partial charge >= 0.3 is 5.97 Å². The standard InChI is InChI=1S/C15H21NO2S/c1-3-19-11-15(14(17)18-2,16-13-9-10-13)12-7-5-4-6-8-12/h4-8,13,16H,3,9-11H2,1-2H3. The SMILES string of the molecule is CCSCC(NC1CC1)(C(=O)OC)c1ccccc1. The van der Waals surface area contributed by atoms with Gasteiger partial charge in [-0.3, -0.25) is 5.32 Å². The number of hydrogen-bond acceptors (Lipinski definition) is 4. The Bertz CT molecular complexity index is 419. The van der Waals surface area contributed by atoms with Crippen LogP contribution in [0.25, 0.3) is 0 Å². The van der Waals surface area contributed by atoms with Gasteiger partial charge in [0.1, 0.15) is 0 Å². The number of nitrogens with one attached hydrogen (secondary N) is 1. The number of hydrogen-bond donors (Lipinski definition) is 1. The smallest absolute Gasteiger partial charge is 0.331 e. The van der Waals surface area contributed by atoms with Crippen molar-refractivity contribution in [3.05, 3.63) is 35.9 Å². The van der Waals surface area contributed by atoms with Crippen LogP contribution in [0.15, 0.2) is 30.3 Å². The molecule has 104 valence electrons. The molecule has 0 amide bonds. The zero-order chi connectivity index (χ0) is 13.7. The Morgan fingerprint density at radius 3 is 2.63 bits per heavy atom. The van der Waals surface area contributed by atoms with Crippen LogP contribution >= 0.6 is 11.8 Å². The zero-order valence-corrected chi connectivity index (χ0v) is 12.3. The molecule has 0 spiro atoms. The van der Waals surface area contributed by atoms with Crippen molar-refractivity contribution in [3.63, 3.8) is 0 Å². The Morgan fingerprint density at radius 1 is 1.42 bits per heavy atom. The fraction of sp³-hybridized carbons (Fsp3) is 0.533. The highest BCUT2D eigenvalue weighted by Gasteiger charge is 2.44. The summed E-state index contributed by atoms with van der Waals surface area (Å²) in [5, 5.41) is 3.51. The van der Waals surface area contributed by atoms with Crippen LogP contribution in [0.5, 0.6) is 0 Å². The van der Waals surface area contributed by atoms with E-state index in [2.05, 4.69) is 12.2 Å². The van der Waals surface area contributed by atoms with E-state index in [1.165, 1.54) is 7.11 Å². The maximum atomic E-state index is 12.4. The molecular formula is C15H21NO2S. The average Bonchev–Trinajstić information content (AvgIpc) is 3.27. The first-order chi connectivity index (χ1) is 9.23. The van der Waals surface area contributed by atoms with Crippen LogP contribution in [0.3, 0.4) is 0 Å². The first kappa shape index (κ1) is 14.4. The monoisotopic (exact) mass is 279 g/mol. The van der Waals surface area contributed by atoms with Crippen molar-refractivity contribution < 1.29 is 9.53 Å². The second-order valence-corrected chi connectivity index (χ2v) is 6.09. The van der Waals surface area contributed by atoms with E-state index >= 15 is 0 Å². The largest absolute Gasteiger partial charge is 0.467 e. The highest BCUT2D eigenvalue weighted by molar-refractivity contribution is 7.99. The van der Waals surface area contributed by atoms with Crippen LogP contribution in [0.2, 0.25) is 0 Å². The molecule has 1 aromatic carbocycles. The van der Waals surface area contributed by atoms with Gasteiger partial charge in [0.15, 0.2) is 5.54 Å². The van der Waals surface area contributed by atoms with Gasteiger partial charge in [-0.05, 0) is 24.2 Å². The lowest BCUT2D eigenvalue weighted by atomic mass is 9.91. The lowest BCUT2D eigenvalue weighted by Gasteiger charge is -2.32. The summed E-state index contributed by atoms with van der Waals surface area (Å²) >= 11 is 1.76. The summed E-state index contributed by atoms with van der Waals surface area (Å²) in [7, 11) is 1.46. The molecule has 1 aliphatic rings. The van der Waals surface area contributed by atoms with Crippen LogP contribution in [0.1, 0.15) is 25.3 Å². The van der Waals surface area contributed by atoms with Gasteiger partial charge in [-0.15, -0.1) is 0 Å². The minimum Gasteiger partial charge on any atom is -0.467 e. The molecule has 1 aromatic rings. The van der Waals surface area contributed by atoms with Gasteiger partial charge in [0, 0.05) is 11.8 Å². The van der Waals surface area contributed by atoms with Crippen LogP contribution < -0.4 is 5.32 Å². The molecule has 0 heterocycles. The summed E-state index contributed by atoms with van der Waals surface area (Å²) in [6, 6.07) is 10.4. The Morgan fingerprint density at radius 2 is 2.11 bits per heavy atom. The molecule has 19 heavy (non-hydrogen) atoms. The Kier molecular flexibility index (Phi) is 4.88. The van der Waals surface area contributed by atoms with Crippen LogP contribution in [0.4, 0.5) is 0 Å². The number of benzene rings is 1. The molecule has 0 saturated heterocycles. The molecule has 0 aliphatic heterocycles. The van der Waals surface area contributed by atoms with Crippen LogP contribution in [-0.2, 0) is 15.1 Å². The van der Waals surface area contributed by atoms with E-state index in [-0.39, 0.29) is 5.97 Å². The Labute approximate surface area is 119 Å². The van der Waals surface area contributed by atoms with Gasteiger partial charge in [0.25, 0.3) is 0 Å². The number of thioether (sulfide) groups is 1. The molecule has 1 saturated carbocycles. The maximum absolute atomic E-state index is 12.4. The molecule has 1 N–H and O–H groups in total. The van der Waals surface area contributed by atoms with Crippen molar-refractivity contribution in [1.82, 2.24) is 5.32 Å². The third-order valence-electron chi connectivity index (χ3n) is 3.35. The molecule has 3 nitrogen and oxygen atoms in total. The maximum Gasteiger partial charge on any atom is 0.331 e. The van der Waals surface area contributed by atoms with Crippen molar-refractivity contribution in [2.24, 2.45) is 0 Å². The van der Waals surface area contributed by atoms with Crippen molar-refractivity contribution in [2.45, 2.75) is 31.3 Å². The van der Waals surface area contributed by atoms with Gasteiger partial charge in [0.05, 0.1) is 7.11 Å². The zero-order valence-electron chi connectivity index (χ0n) is 11.5. The van der Waals surface area contributed by atoms with Crippen molar-refractivity contribution in [3.8, 4) is 0 Å². The van der Waals surface area contributed by atoms with Crippen molar-refractivity contribution >= 4 is 17.7 Å². The molecule has 1 unspecified atom stereocenters. The lowest BCUT2D eigenvalue weighted by molar-refractivity contribution is -0.148. The third kappa shape index (κ3) is 3.31. The minimum atomic E-state index is -0.710. The van der Waals surface area contributed by atoms with Crippen molar-refractivity contribution in [2.75, 3.05) is 18.6 Å². The molecule has 1 atom stereocenters. The highest BCUT2D eigenvalue weighted by atomic mass is 32.2. The fourth-order valence-corrected chi connectivity index (χ4v) is 3.05. The third-order valence-corrected chi connectivity index (χ3v) is 4.40.